The number of nitrogens with zero attached hydrogens (tertiary/aromatic N) is 2. The third kappa shape index (κ3) is 7.04. The molecule has 2 N–H and O–H groups in total. The first-order chi connectivity index (χ1) is 18.4. The third-order valence-electron chi connectivity index (χ3n) is 8.56. The Morgan fingerprint density at radius 3 is 2.25 bits per heavy atom. The van der Waals surface area contributed by atoms with E-state index in [4.69, 9.17) is 4.74 Å². The maximum atomic E-state index is 14.2. The van der Waals surface area contributed by atoms with Crippen molar-refractivity contribution in [1.82, 2.24) is 20.4 Å². The van der Waals surface area contributed by atoms with E-state index in [1.165, 1.54) is 11.0 Å². The molecule has 1 heterocycles. The lowest BCUT2D eigenvalue weighted by atomic mass is 9.84. The second kappa shape index (κ2) is 12.7. The number of piperidine rings is 1. The Morgan fingerprint density at radius 2 is 1.75 bits per heavy atom. The summed E-state index contributed by atoms with van der Waals surface area (Å²) in [7, 11) is 1.55. The summed E-state index contributed by atoms with van der Waals surface area (Å²) in [6.07, 6.45) is 1.40. The van der Waals surface area contributed by atoms with Crippen LogP contribution in [0.4, 0.5) is 4.79 Å². The molecule has 40 heavy (non-hydrogen) atoms. The molecule has 0 aromatic heterocycles. The molecule has 0 spiro atoms. The van der Waals surface area contributed by atoms with Crippen molar-refractivity contribution in [3.63, 3.8) is 0 Å². The number of ketones is 1. The number of carbonyl (C=O) groups excluding carboxylic acids is 5. The SMILES string of the molecule is C=CCNC(=O)C(=O)C(CCC)NC(=O)[C@@H]1[C@@H]2[C@H](CN1C(=O)[C@@H](N(C)C(=O)OC(C)C(C)C)C(C)(C)C)C2(C)C. The Kier molecular flexibility index (Phi) is 10.6. The first-order valence-electron chi connectivity index (χ1n) is 14.4. The second-order valence-electron chi connectivity index (χ2n) is 13.3. The molecule has 2 aliphatic rings. The van der Waals surface area contributed by atoms with Gasteiger partial charge in [-0.15, -0.1) is 6.58 Å². The van der Waals surface area contributed by atoms with Gasteiger partial charge in [-0.2, -0.15) is 0 Å². The molecule has 226 valence electrons. The Morgan fingerprint density at radius 1 is 1.15 bits per heavy atom. The van der Waals surface area contributed by atoms with Gasteiger partial charge in [0.25, 0.3) is 5.91 Å². The van der Waals surface area contributed by atoms with Crippen LogP contribution in [0.1, 0.15) is 75.2 Å². The van der Waals surface area contributed by atoms with E-state index in [9.17, 15) is 24.0 Å². The molecule has 1 saturated carbocycles. The van der Waals surface area contributed by atoms with Crippen LogP contribution in [0.15, 0.2) is 12.7 Å². The Bertz CT molecular complexity index is 1000. The van der Waals surface area contributed by atoms with Crippen molar-refractivity contribution in [1.29, 1.82) is 0 Å². The smallest absolute Gasteiger partial charge is 0.410 e. The maximum absolute atomic E-state index is 14.2. The van der Waals surface area contributed by atoms with Crippen LogP contribution in [0.2, 0.25) is 0 Å². The standard InChI is InChI=1S/C30H50N4O6/c1-12-14-20(23(35)26(37)31-15-13-2)32-25(36)22-21-19(30(21,9)10)16-34(22)27(38)24(29(6,7)8)33(11)28(39)40-18(5)17(3)4/h13,17-22,24H,2,12,14-16H2,1,3-11H3,(H,31,37)(H,32,36)/t18?,19-,20?,21-,22-,24+/m0/s1. The fourth-order valence-electron chi connectivity index (χ4n) is 5.80. The number of nitrogens with one attached hydrogen (secondary N) is 2. The van der Waals surface area contributed by atoms with Gasteiger partial charge in [-0.05, 0) is 41.9 Å². The minimum absolute atomic E-state index is 0.0951. The third-order valence-corrected chi connectivity index (χ3v) is 8.56. The van der Waals surface area contributed by atoms with Gasteiger partial charge in [0, 0.05) is 20.1 Å². The van der Waals surface area contributed by atoms with E-state index in [0.29, 0.717) is 13.0 Å². The quantitative estimate of drug-likeness (QED) is 0.278. The average Bonchev–Trinajstić information content (AvgIpc) is 3.17. The van der Waals surface area contributed by atoms with Crippen molar-refractivity contribution in [2.75, 3.05) is 20.1 Å². The van der Waals surface area contributed by atoms with Crippen molar-refractivity contribution >= 4 is 29.6 Å². The van der Waals surface area contributed by atoms with Crippen molar-refractivity contribution in [3.05, 3.63) is 12.7 Å². The summed E-state index contributed by atoms with van der Waals surface area (Å²) in [4.78, 5) is 69.1. The molecule has 2 rings (SSSR count). The second-order valence-corrected chi connectivity index (χ2v) is 13.3. The van der Waals surface area contributed by atoms with Gasteiger partial charge in [0.1, 0.15) is 18.2 Å². The number of ether oxygens (including phenoxy) is 1. The van der Waals surface area contributed by atoms with Crippen molar-refractivity contribution < 1.29 is 28.7 Å². The van der Waals surface area contributed by atoms with Crippen LogP contribution < -0.4 is 10.6 Å². The number of likely N-dealkylation sites (tertiary alicyclic amines) is 1. The predicted octanol–water partition coefficient (Wildman–Crippen LogP) is 3.15. The molecule has 10 nitrogen and oxygen atoms in total. The summed E-state index contributed by atoms with van der Waals surface area (Å²) in [5.74, 6) is -2.18. The molecule has 1 aliphatic heterocycles. The molecule has 2 unspecified atom stereocenters. The van der Waals surface area contributed by atoms with Gasteiger partial charge in [0.15, 0.2) is 0 Å². The zero-order valence-corrected chi connectivity index (χ0v) is 26.0. The monoisotopic (exact) mass is 562 g/mol. The van der Waals surface area contributed by atoms with Gasteiger partial charge in [-0.25, -0.2) is 4.79 Å². The predicted molar refractivity (Wildman–Crippen MR) is 153 cm³/mol. The molecular formula is C30H50N4O6. The average molecular weight is 563 g/mol. The first kappa shape index (κ1) is 33.3. The number of rotatable bonds is 12. The van der Waals surface area contributed by atoms with Gasteiger partial charge >= 0.3 is 6.09 Å². The van der Waals surface area contributed by atoms with E-state index in [2.05, 4.69) is 31.1 Å². The van der Waals surface area contributed by atoms with Crippen LogP contribution in [-0.4, -0.2) is 83.8 Å². The van der Waals surface area contributed by atoms with Crippen molar-refractivity contribution in [2.24, 2.45) is 28.6 Å². The number of hydrogen-bond donors (Lipinski definition) is 2. The summed E-state index contributed by atoms with van der Waals surface area (Å²) < 4.78 is 5.61. The minimum Gasteiger partial charge on any atom is -0.446 e. The van der Waals surface area contributed by atoms with Gasteiger partial charge in [0.2, 0.25) is 17.6 Å². The van der Waals surface area contributed by atoms with Crippen LogP contribution in [0.5, 0.6) is 0 Å². The zero-order valence-electron chi connectivity index (χ0n) is 26.0. The van der Waals surface area contributed by atoms with Crippen LogP contribution in [-0.2, 0) is 23.9 Å². The fourth-order valence-corrected chi connectivity index (χ4v) is 5.80. The highest BCUT2D eigenvalue weighted by molar-refractivity contribution is 6.38. The van der Waals surface area contributed by atoms with Gasteiger partial charge < -0.3 is 20.3 Å². The Labute approximate surface area is 239 Å². The molecule has 0 bridgehead atoms. The van der Waals surface area contributed by atoms with Crippen LogP contribution >= 0.6 is 0 Å². The lowest BCUT2D eigenvalue weighted by Crippen LogP contribution is -2.61. The van der Waals surface area contributed by atoms with Gasteiger partial charge in [-0.1, -0.05) is 67.9 Å². The molecule has 1 saturated heterocycles. The molecule has 0 aromatic carbocycles. The largest absolute Gasteiger partial charge is 0.446 e. The molecule has 0 radical (unpaired) electrons. The summed E-state index contributed by atoms with van der Waals surface area (Å²) in [6, 6.07) is -2.71. The summed E-state index contributed by atoms with van der Waals surface area (Å²) >= 11 is 0. The topological polar surface area (TPSA) is 125 Å². The number of likely N-dealkylation sites (N-methyl/N-ethyl adjacent to an activating group) is 1. The lowest BCUT2D eigenvalue weighted by molar-refractivity contribution is -0.148. The zero-order chi connectivity index (χ0) is 30.7. The number of fused-ring (bicyclic) bond motifs is 1. The van der Waals surface area contributed by atoms with Crippen LogP contribution in [0.25, 0.3) is 0 Å². The minimum atomic E-state index is -1.01. The lowest BCUT2D eigenvalue weighted by Gasteiger charge is -2.41. The van der Waals surface area contributed by atoms with E-state index in [1.807, 2.05) is 48.5 Å². The Hall–Kier alpha value is -2.91. The number of amides is 4. The summed E-state index contributed by atoms with van der Waals surface area (Å²) in [5, 5.41) is 5.26. The fraction of sp³-hybridized carbons (Fsp3) is 0.767. The number of carbonyl (C=O) groups is 5. The number of hydrogen-bond acceptors (Lipinski definition) is 6. The molecule has 1 aliphatic carbocycles. The number of Topliss-reactive ketones (excluding diaryl/α,β-unsaturated/α-hetero) is 1. The molecule has 6 atom stereocenters. The van der Waals surface area contributed by atoms with Gasteiger partial charge in [-0.3, -0.25) is 24.1 Å². The Balaban J connectivity index is 2.35. The van der Waals surface area contributed by atoms with E-state index in [1.54, 1.807) is 11.9 Å². The highest BCUT2D eigenvalue weighted by Crippen LogP contribution is 2.65. The molecule has 0 aromatic rings. The van der Waals surface area contributed by atoms with Crippen molar-refractivity contribution in [2.45, 2.75) is 99.4 Å². The summed E-state index contributed by atoms with van der Waals surface area (Å²) in [6.45, 7) is 21.4. The normalized spacial score (nSPS) is 23.4. The summed E-state index contributed by atoms with van der Waals surface area (Å²) in [5.41, 5.74) is -0.807. The van der Waals surface area contributed by atoms with E-state index in [0.717, 1.165) is 0 Å². The van der Waals surface area contributed by atoms with Crippen LogP contribution in [0.3, 0.4) is 0 Å². The van der Waals surface area contributed by atoms with E-state index >= 15 is 0 Å². The van der Waals surface area contributed by atoms with Gasteiger partial charge in [0.05, 0.1) is 6.04 Å². The van der Waals surface area contributed by atoms with E-state index in [-0.39, 0.29) is 48.1 Å². The van der Waals surface area contributed by atoms with E-state index < -0.39 is 47.2 Å². The van der Waals surface area contributed by atoms with Crippen LogP contribution in [0, 0.1) is 28.6 Å². The molecular weight excluding hydrogens is 512 g/mol. The van der Waals surface area contributed by atoms with Crippen molar-refractivity contribution in [3.8, 4) is 0 Å². The maximum Gasteiger partial charge on any atom is 0.410 e. The highest BCUT2D eigenvalue weighted by atomic mass is 16.6. The highest BCUT2D eigenvalue weighted by Gasteiger charge is 2.70. The molecule has 2 fully saturated rings. The first-order valence-corrected chi connectivity index (χ1v) is 14.4. The molecule has 4 amide bonds. The molecule has 10 heteroatoms.